The van der Waals surface area contributed by atoms with Crippen LogP contribution < -0.4 is 0 Å². The highest BCUT2D eigenvalue weighted by Gasteiger charge is 2.11. The summed E-state index contributed by atoms with van der Waals surface area (Å²) >= 11 is 1.52. The van der Waals surface area contributed by atoms with Gasteiger partial charge in [0.1, 0.15) is 0 Å². The van der Waals surface area contributed by atoms with Crippen molar-refractivity contribution in [2.75, 3.05) is 0 Å². The Kier molecular flexibility index (Phi) is 3.48. The van der Waals surface area contributed by atoms with Gasteiger partial charge in [0.2, 0.25) is 0 Å². The summed E-state index contributed by atoms with van der Waals surface area (Å²) < 4.78 is 14.4. The van der Waals surface area contributed by atoms with E-state index in [1.54, 1.807) is 0 Å². The standard InChI is InChI=1S/C18H13NOS2/c20-22(18-19-16-7-3-4-8-17(16)21-18)12-13-9-10-14-5-1-2-6-15(14)11-13/h1-11H,12H2. The molecule has 2 nitrogen and oxygen atoms in total. The Balaban J connectivity index is 1.64. The molecule has 4 aromatic rings. The highest BCUT2D eigenvalue weighted by molar-refractivity contribution is 7.86. The van der Waals surface area contributed by atoms with Gasteiger partial charge in [-0.05, 0) is 28.5 Å². The molecular weight excluding hydrogens is 310 g/mol. The molecule has 0 aliphatic heterocycles. The van der Waals surface area contributed by atoms with Crippen molar-refractivity contribution in [2.24, 2.45) is 0 Å². The number of fused-ring (bicyclic) bond motifs is 2. The van der Waals surface area contributed by atoms with Gasteiger partial charge < -0.3 is 0 Å². The number of benzene rings is 3. The van der Waals surface area contributed by atoms with Crippen molar-refractivity contribution in [2.45, 2.75) is 10.1 Å². The summed E-state index contributed by atoms with van der Waals surface area (Å²) in [4.78, 5) is 4.49. The van der Waals surface area contributed by atoms with Gasteiger partial charge in [0.15, 0.2) is 4.34 Å². The zero-order valence-corrected chi connectivity index (χ0v) is 13.4. The third kappa shape index (κ3) is 2.56. The van der Waals surface area contributed by atoms with Gasteiger partial charge in [0, 0.05) is 0 Å². The number of hydrogen-bond acceptors (Lipinski definition) is 3. The van der Waals surface area contributed by atoms with Crippen molar-refractivity contribution in [3.8, 4) is 0 Å². The van der Waals surface area contributed by atoms with E-state index in [0.29, 0.717) is 10.1 Å². The first-order valence-electron chi connectivity index (χ1n) is 7.01. The van der Waals surface area contributed by atoms with Crippen LogP contribution in [0.5, 0.6) is 0 Å². The van der Waals surface area contributed by atoms with Crippen LogP contribution in [-0.2, 0) is 16.6 Å². The molecule has 1 atom stereocenters. The molecule has 22 heavy (non-hydrogen) atoms. The van der Waals surface area contributed by atoms with Crippen LogP contribution in [0.1, 0.15) is 5.56 Å². The Labute approximate surface area is 134 Å². The van der Waals surface area contributed by atoms with Crippen LogP contribution in [0.2, 0.25) is 0 Å². The predicted molar refractivity (Wildman–Crippen MR) is 93.7 cm³/mol. The van der Waals surface area contributed by atoms with Crippen molar-refractivity contribution < 1.29 is 4.21 Å². The maximum Gasteiger partial charge on any atom is 0.182 e. The van der Waals surface area contributed by atoms with Gasteiger partial charge in [-0.1, -0.05) is 54.6 Å². The minimum Gasteiger partial charge on any atom is -0.252 e. The lowest BCUT2D eigenvalue weighted by Gasteiger charge is -2.02. The number of hydrogen-bond donors (Lipinski definition) is 0. The maximum absolute atomic E-state index is 12.6. The average molecular weight is 323 g/mol. The Morgan fingerprint density at radius 2 is 1.68 bits per heavy atom. The highest BCUT2D eigenvalue weighted by Crippen LogP contribution is 2.26. The summed E-state index contributed by atoms with van der Waals surface area (Å²) in [5.74, 6) is 0.505. The van der Waals surface area contributed by atoms with Crippen LogP contribution in [0.3, 0.4) is 0 Å². The fourth-order valence-electron chi connectivity index (χ4n) is 2.49. The summed E-state index contributed by atoms with van der Waals surface area (Å²) in [6.45, 7) is 0. The van der Waals surface area contributed by atoms with E-state index < -0.39 is 10.8 Å². The van der Waals surface area contributed by atoms with E-state index in [4.69, 9.17) is 0 Å². The van der Waals surface area contributed by atoms with Crippen molar-refractivity contribution in [1.29, 1.82) is 0 Å². The van der Waals surface area contributed by atoms with Crippen molar-refractivity contribution in [3.63, 3.8) is 0 Å². The molecule has 4 heteroatoms. The van der Waals surface area contributed by atoms with Crippen molar-refractivity contribution in [3.05, 3.63) is 72.3 Å². The fourth-order valence-corrected chi connectivity index (χ4v) is 4.81. The lowest BCUT2D eigenvalue weighted by Crippen LogP contribution is -1.95. The molecule has 0 fully saturated rings. The Morgan fingerprint density at radius 1 is 0.909 bits per heavy atom. The third-order valence-corrected chi connectivity index (χ3v) is 6.30. The maximum atomic E-state index is 12.6. The van der Waals surface area contributed by atoms with Gasteiger partial charge in [-0.3, -0.25) is 4.21 Å². The molecular formula is C18H13NOS2. The molecule has 108 valence electrons. The average Bonchev–Trinajstić information content (AvgIpc) is 2.99. The van der Waals surface area contributed by atoms with Crippen LogP contribution >= 0.6 is 11.3 Å². The van der Waals surface area contributed by atoms with Gasteiger partial charge in [-0.25, -0.2) is 4.98 Å². The Bertz CT molecular complexity index is 957. The summed E-state index contributed by atoms with van der Waals surface area (Å²) in [6.07, 6.45) is 0. The first-order valence-corrected chi connectivity index (χ1v) is 9.15. The molecule has 0 saturated heterocycles. The topological polar surface area (TPSA) is 30.0 Å². The van der Waals surface area contributed by atoms with Gasteiger partial charge in [-0.2, -0.15) is 0 Å². The monoisotopic (exact) mass is 323 g/mol. The molecule has 0 N–H and O–H groups in total. The van der Waals surface area contributed by atoms with E-state index in [9.17, 15) is 4.21 Å². The molecule has 0 radical (unpaired) electrons. The second-order valence-electron chi connectivity index (χ2n) is 5.12. The van der Waals surface area contributed by atoms with Crippen LogP contribution in [0.4, 0.5) is 0 Å². The molecule has 3 aromatic carbocycles. The second kappa shape index (κ2) is 5.63. The summed E-state index contributed by atoms with van der Waals surface area (Å²) in [5.41, 5.74) is 2.01. The minimum atomic E-state index is -1.10. The summed E-state index contributed by atoms with van der Waals surface area (Å²) in [7, 11) is -1.10. The minimum absolute atomic E-state index is 0.505. The predicted octanol–water partition coefficient (Wildman–Crippen LogP) is 4.76. The van der Waals surface area contributed by atoms with E-state index in [1.807, 2.05) is 42.5 Å². The molecule has 1 aromatic heterocycles. The Hall–Kier alpha value is -2.04. The molecule has 1 heterocycles. The zero-order valence-electron chi connectivity index (χ0n) is 11.7. The van der Waals surface area contributed by atoms with Gasteiger partial charge in [-0.15, -0.1) is 11.3 Å². The molecule has 0 spiro atoms. The number of thiazole rings is 1. The molecule has 0 aliphatic rings. The van der Waals surface area contributed by atoms with Crippen LogP contribution in [0.25, 0.3) is 21.0 Å². The lowest BCUT2D eigenvalue weighted by molar-refractivity contribution is 0.682. The molecule has 0 amide bonds. The van der Waals surface area contributed by atoms with E-state index in [-0.39, 0.29) is 0 Å². The first-order chi connectivity index (χ1) is 10.8. The van der Waals surface area contributed by atoms with Gasteiger partial charge in [0.05, 0.1) is 26.8 Å². The third-order valence-electron chi connectivity index (χ3n) is 3.58. The SMILES string of the molecule is O=S(Cc1ccc2ccccc2c1)c1nc2ccccc2s1. The normalized spacial score (nSPS) is 12.7. The van der Waals surface area contributed by atoms with E-state index >= 15 is 0 Å². The number of aromatic nitrogens is 1. The number of nitrogens with zero attached hydrogens (tertiary/aromatic N) is 1. The summed E-state index contributed by atoms with van der Waals surface area (Å²) in [5, 5.41) is 2.39. The number of rotatable bonds is 3. The van der Waals surface area contributed by atoms with Crippen LogP contribution in [-0.4, -0.2) is 9.19 Å². The zero-order chi connectivity index (χ0) is 14.9. The quantitative estimate of drug-likeness (QED) is 0.544. The largest absolute Gasteiger partial charge is 0.252 e. The van der Waals surface area contributed by atoms with Crippen molar-refractivity contribution >= 4 is 43.1 Å². The van der Waals surface area contributed by atoms with E-state index in [2.05, 4.69) is 29.2 Å². The molecule has 0 bridgehead atoms. The fraction of sp³-hybridized carbons (Fsp3) is 0.0556. The van der Waals surface area contributed by atoms with Crippen LogP contribution in [0.15, 0.2) is 71.1 Å². The van der Waals surface area contributed by atoms with E-state index in [1.165, 1.54) is 22.1 Å². The molecule has 0 saturated carbocycles. The van der Waals surface area contributed by atoms with Crippen LogP contribution in [0, 0.1) is 0 Å². The second-order valence-corrected chi connectivity index (χ2v) is 7.77. The highest BCUT2D eigenvalue weighted by atomic mass is 32.2. The smallest absolute Gasteiger partial charge is 0.182 e. The lowest BCUT2D eigenvalue weighted by atomic mass is 10.1. The van der Waals surface area contributed by atoms with Gasteiger partial charge in [0.25, 0.3) is 0 Å². The first kappa shape index (κ1) is 13.6. The molecule has 1 unspecified atom stereocenters. The Morgan fingerprint density at radius 3 is 2.55 bits per heavy atom. The summed E-state index contributed by atoms with van der Waals surface area (Å²) in [6, 6.07) is 22.4. The molecule has 0 aliphatic carbocycles. The van der Waals surface area contributed by atoms with Crippen molar-refractivity contribution in [1.82, 2.24) is 4.98 Å². The van der Waals surface area contributed by atoms with E-state index in [0.717, 1.165) is 15.8 Å². The molecule has 4 rings (SSSR count). The van der Waals surface area contributed by atoms with Gasteiger partial charge >= 0.3 is 0 Å². The number of para-hydroxylation sites is 1.